The van der Waals surface area contributed by atoms with Gasteiger partial charge in [0.2, 0.25) is 0 Å². The highest BCUT2D eigenvalue weighted by Gasteiger charge is 2.15. The lowest BCUT2D eigenvalue weighted by molar-refractivity contribution is 0.112. The van der Waals surface area contributed by atoms with Gasteiger partial charge in [0.25, 0.3) is 0 Å². The molecule has 0 N–H and O–H groups in total. The first kappa shape index (κ1) is 13.6. The second-order valence-electron chi connectivity index (χ2n) is 3.44. The normalized spacial score (nSPS) is 10.4. The number of pyridine rings is 1. The van der Waals surface area contributed by atoms with E-state index >= 15 is 0 Å². The van der Waals surface area contributed by atoms with Gasteiger partial charge >= 0.3 is 0 Å². The molecule has 6 heteroatoms. The average Bonchev–Trinajstić information content (AvgIpc) is 2.36. The number of rotatable bonds is 2. The number of nitrogens with zero attached hydrogens (tertiary/aromatic N) is 1. The summed E-state index contributed by atoms with van der Waals surface area (Å²) in [5.41, 5.74) is 1.31. The van der Waals surface area contributed by atoms with Gasteiger partial charge in [0.15, 0.2) is 6.29 Å². The van der Waals surface area contributed by atoms with Gasteiger partial charge in [-0.25, -0.2) is 4.98 Å². The molecule has 0 unspecified atom stereocenters. The summed E-state index contributed by atoms with van der Waals surface area (Å²) in [6.45, 7) is 0. The van der Waals surface area contributed by atoms with Gasteiger partial charge < -0.3 is 0 Å². The monoisotopic (exact) mass is 319 g/mol. The van der Waals surface area contributed by atoms with E-state index < -0.39 is 0 Å². The third-order valence-corrected chi connectivity index (χ3v) is 3.73. The number of aldehydes is 1. The summed E-state index contributed by atoms with van der Waals surface area (Å²) >= 11 is 24.1. The molecule has 0 saturated carbocycles. The van der Waals surface area contributed by atoms with Crippen LogP contribution in [-0.2, 0) is 0 Å². The van der Waals surface area contributed by atoms with E-state index in [0.29, 0.717) is 33.0 Å². The molecule has 0 radical (unpaired) electrons. The minimum absolute atomic E-state index is 0.201. The van der Waals surface area contributed by atoms with Crippen LogP contribution in [0.15, 0.2) is 24.4 Å². The zero-order valence-corrected chi connectivity index (χ0v) is 11.8. The highest BCUT2D eigenvalue weighted by molar-refractivity contribution is 6.46. The Balaban J connectivity index is 2.76. The molecule has 2 rings (SSSR count). The van der Waals surface area contributed by atoms with E-state index in [1.165, 1.54) is 6.20 Å². The number of hydrogen-bond donors (Lipinski definition) is 0. The molecule has 1 aromatic carbocycles. The van der Waals surface area contributed by atoms with E-state index in [4.69, 9.17) is 46.4 Å². The van der Waals surface area contributed by atoms with Crippen molar-refractivity contribution in [2.24, 2.45) is 0 Å². The van der Waals surface area contributed by atoms with Crippen molar-refractivity contribution in [2.45, 2.75) is 0 Å². The van der Waals surface area contributed by atoms with Gasteiger partial charge in [-0.05, 0) is 18.2 Å². The molecule has 1 aromatic heterocycles. The molecule has 0 bridgehead atoms. The van der Waals surface area contributed by atoms with E-state index in [0.717, 1.165) is 0 Å². The van der Waals surface area contributed by atoms with Gasteiger partial charge in [-0.2, -0.15) is 0 Å². The summed E-state index contributed by atoms with van der Waals surface area (Å²) in [4.78, 5) is 14.7. The molecule has 0 amide bonds. The maximum Gasteiger partial charge on any atom is 0.151 e. The average molecular weight is 321 g/mol. The van der Waals surface area contributed by atoms with Crippen LogP contribution in [0.5, 0.6) is 0 Å². The third kappa shape index (κ3) is 2.47. The molecule has 0 aliphatic rings. The van der Waals surface area contributed by atoms with Gasteiger partial charge in [0, 0.05) is 22.9 Å². The fourth-order valence-electron chi connectivity index (χ4n) is 1.48. The zero-order chi connectivity index (χ0) is 13.3. The van der Waals surface area contributed by atoms with Crippen LogP contribution in [-0.4, -0.2) is 11.3 Å². The number of hydrogen-bond acceptors (Lipinski definition) is 2. The quantitative estimate of drug-likeness (QED) is 0.434. The summed E-state index contributed by atoms with van der Waals surface area (Å²) in [6, 6.07) is 4.75. The molecule has 1 heterocycles. The van der Waals surface area contributed by atoms with Crippen LogP contribution in [0, 0.1) is 0 Å². The van der Waals surface area contributed by atoms with Crippen molar-refractivity contribution in [2.75, 3.05) is 0 Å². The summed E-state index contributed by atoms with van der Waals surface area (Å²) in [6.07, 6.45) is 2.03. The highest BCUT2D eigenvalue weighted by Crippen LogP contribution is 2.41. The third-order valence-electron chi connectivity index (χ3n) is 2.31. The first-order valence-electron chi connectivity index (χ1n) is 4.79. The van der Waals surface area contributed by atoms with E-state index in [1.807, 2.05) is 0 Å². The van der Waals surface area contributed by atoms with Gasteiger partial charge in [-0.3, -0.25) is 4.79 Å². The lowest BCUT2D eigenvalue weighted by atomic mass is 10.1. The number of carbonyl (C=O) groups excluding carboxylic acids is 1. The van der Waals surface area contributed by atoms with Crippen molar-refractivity contribution >= 4 is 52.7 Å². The minimum atomic E-state index is 0.201. The lowest BCUT2D eigenvalue weighted by Gasteiger charge is -2.10. The number of halogens is 4. The van der Waals surface area contributed by atoms with Crippen LogP contribution in [0.25, 0.3) is 11.1 Å². The molecular weight excluding hydrogens is 316 g/mol. The molecule has 0 aliphatic carbocycles. The number of benzene rings is 1. The predicted octanol–water partition coefficient (Wildman–Crippen LogP) is 5.17. The molecule has 2 nitrogen and oxygen atoms in total. The zero-order valence-electron chi connectivity index (χ0n) is 8.75. The molecule has 18 heavy (non-hydrogen) atoms. The molecule has 0 aliphatic heterocycles. The SMILES string of the molecule is O=Cc1cnc(Cl)c(-c2c(Cl)ccc(Cl)c2Cl)c1. The maximum absolute atomic E-state index is 10.8. The molecular formula is C12H5Cl4NO. The van der Waals surface area contributed by atoms with Gasteiger partial charge in [0.05, 0.1) is 15.1 Å². The predicted molar refractivity (Wildman–Crippen MR) is 75.1 cm³/mol. The molecule has 0 spiro atoms. The Labute approximate surface area is 123 Å². The first-order valence-corrected chi connectivity index (χ1v) is 6.30. The summed E-state index contributed by atoms with van der Waals surface area (Å²) in [7, 11) is 0. The topological polar surface area (TPSA) is 30.0 Å². The van der Waals surface area contributed by atoms with Crippen LogP contribution in [0.3, 0.4) is 0 Å². The minimum Gasteiger partial charge on any atom is -0.298 e. The molecule has 0 fully saturated rings. The molecule has 0 atom stereocenters. The van der Waals surface area contributed by atoms with Crippen LogP contribution < -0.4 is 0 Å². The first-order chi connectivity index (χ1) is 8.54. The Kier molecular flexibility index (Phi) is 4.13. The summed E-state index contributed by atoms with van der Waals surface area (Å²) in [5, 5.41) is 1.21. The Morgan fingerprint density at radius 2 is 1.72 bits per heavy atom. The summed E-state index contributed by atoms with van der Waals surface area (Å²) < 4.78 is 0. The molecule has 0 saturated heterocycles. The Morgan fingerprint density at radius 1 is 1.06 bits per heavy atom. The smallest absolute Gasteiger partial charge is 0.151 e. The van der Waals surface area contributed by atoms with Crippen LogP contribution in [0.2, 0.25) is 20.2 Å². The van der Waals surface area contributed by atoms with E-state index in [2.05, 4.69) is 4.98 Å². The van der Waals surface area contributed by atoms with E-state index in [-0.39, 0.29) is 10.2 Å². The molecule has 2 aromatic rings. The largest absolute Gasteiger partial charge is 0.298 e. The lowest BCUT2D eigenvalue weighted by Crippen LogP contribution is -1.90. The van der Waals surface area contributed by atoms with Crippen molar-refractivity contribution in [3.8, 4) is 11.1 Å². The fourth-order valence-corrected chi connectivity index (χ4v) is 2.41. The standard InChI is InChI=1S/C12H5Cl4NO/c13-8-1-2-9(14)11(15)10(8)7-3-6(5-18)4-17-12(7)16/h1-5H. The van der Waals surface area contributed by atoms with Crippen molar-refractivity contribution in [1.82, 2.24) is 4.98 Å². The van der Waals surface area contributed by atoms with Gasteiger partial charge in [-0.1, -0.05) is 46.4 Å². The van der Waals surface area contributed by atoms with Gasteiger partial charge in [-0.15, -0.1) is 0 Å². The Hall–Kier alpha value is -0.800. The Bertz CT molecular complexity index is 628. The van der Waals surface area contributed by atoms with E-state index in [9.17, 15) is 4.79 Å². The summed E-state index contributed by atoms with van der Waals surface area (Å²) in [5.74, 6) is 0. The van der Waals surface area contributed by atoms with E-state index in [1.54, 1.807) is 18.2 Å². The van der Waals surface area contributed by atoms with Crippen molar-refractivity contribution < 1.29 is 4.79 Å². The maximum atomic E-state index is 10.8. The second kappa shape index (κ2) is 5.45. The van der Waals surface area contributed by atoms with Crippen molar-refractivity contribution in [1.29, 1.82) is 0 Å². The Morgan fingerprint density at radius 3 is 2.39 bits per heavy atom. The van der Waals surface area contributed by atoms with Gasteiger partial charge in [0.1, 0.15) is 5.15 Å². The number of carbonyl (C=O) groups is 1. The van der Waals surface area contributed by atoms with Crippen LogP contribution in [0.1, 0.15) is 10.4 Å². The fraction of sp³-hybridized carbons (Fsp3) is 0. The number of aromatic nitrogens is 1. The van der Waals surface area contributed by atoms with Crippen molar-refractivity contribution in [3.63, 3.8) is 0 Å². The van der Waals surface area contributed by atoms with Crippen LogP contribution >= 0.6 is 46.4 Å². The van der Waals surface area contributed by atoms with Crippen molar-refractivity contribution in [3.05, 3.63) is 50.2 Å². The molecule has 92 valence electrons. The van der Waals surface area contributed by atoms with Crippen LogP contribution in [0.4, 0.5) is 0 Å². The highest BCUT2D eigenvalue weighted by atomic mass is 35.5. The second-order valence-corrected chi connectivity index (χ2v) is 4.99.